The average Bonchev–Trinajstić information content (AvgIpc) is 2.99. The summed E-state index contributed by atoms with van der Waals surface area (Å²) in [4.78, 5) is 14.3. The first kappa shape index (κ1) is 21.8. The first-order valence-electron chi connectivity index (χ1n) is 10.5. The molecule has 1 aliphatic heterocycles. The summed E-state index contributed by atoms with van der Waals surface area (Å²) in [7, 11) is 0. The second-order valence-electron chi connectivity index (χ2n) is 8.43. The van der Waals surface area contributed by atoms with Gasteiger partial charge in [-0.15, -0.1) is 0 Å². The Morgan fingerprint density at radius 2 is 1.84 bits per heavy atom. The summed E-state index contributed by atoms with van der Waals surface area (Å²) in [6.07, 6.45) is 4.93. The van der Waals surface area contributed by atoms with Crippen molar-refractivity contribution in [1.82, 2.24) is 4.90 Å². The molecule has 2 aromatic carbocycles. The molecule has 32 heavy (non-hydrogen) atoms. The molecule has 5 nitrogen and oxygen atoms in total. The van der Waals surface area contributed by atoms with Gasteiger partial charge in [0.25, 0.3) is 0 Å². The number of aliphatic hydroxyl groups is 1. The largest absolute Gasteiger partial charge is 0.489 e. The van der Waals surface area contributed by atoms with Crippen molar-refractivity contribution in [3.8, 4) is 5.75 Å². The van der Waals surface area contributed by atoms with Gasteiger partial charge in [-0.1, -0.05) is 48.5 Å². The Hall–Kier alpha value is -3.38. The Balaban J connectivity index is 1.61. The van der Waals surface area contributed by atoms with E-state index in [9.17, 15) is 14.3 Å². The molecule has 1 fully saturated rings. The predicted molar refractivity (Wildman–Crippen MR) is 119 cm³/mol. The van der Waals surface area contributed by atoms with Gasteiger partial charge in [-0.25, -0.2) is 9.18 Å². The van der Waals surface area contributed by atoms with Crippen molar-refractivity contribution in [2.45, 2.75) is 44.6 Å². The van der Waals surface area contributed by atoms with Gasteiger partial charge in [-0.2, -0.15) is 0 Å². The zero-order valence-electron chi connectivity index (χ0n) is 18.1. The molecule has 0 radical (unpaired) electrons. The Morgan fingerprint density at radius 3 is 2.53 bits per heavy atom. The number of ether oxygens (including phenoxy) is 2. The highest BCUT2D eigenvalue weighted by Gasteiger charge is 2.50. The van der Waals surface area contributed by atoms with E-state index in [2.05, 4.69) is 0 Å². The minimum atomic E-state index is -1.28. The number of benzene rings is 2. The summed E-state index contributed by atoms with van der Waals surface area (Å²) in [5.74, 6) is 0.305. The van der Waals surface area contributed by atoms with Crippen LogP contribution >= 0.6 is 0 Å². The third-order valence-electron chi connectivity index (χ3n) is 5.50. The number of cyclic esters (lactones) is 1. The van der Waals surface area contributed by atoms with E-state index >= 15 is 0 Å². The predicted octanol–water partition coefficient (Wildman–Crippen LogP) is 5.60. The van der Waals surface area contributed by atoms with Gasteiger partial charge in [0.2, 0.25) is 0 Å². The molecule has 166 valence electrons. The van der Waals surface area contributed by atoms with Gasteiger partial charge in [0.05, 0.1) is 5.60 Å². The summed E-state index contributed by atoms with van der Waals surface area (Å²) in [5.41, 5.74) is 1.17. The molecule has 2 atom stereocenters. The highest BCUT2D eigenvalue weighted by atomic mass is 19.1. The Labute approximate surface area is 187 Å². The molecule has 2 aromatic rings. The van der Waals surface area contributed by atoms with Crippen molar-refractivity contribution in [2.75, 3.05) is 0 Å². The van der Waals surface area contributed by atoms with Gasteiger partial charge in [-0.05, 0) is 55.3 Å². The van der Waals surface area contributed by atoms with E-state index < -0.39 is 23.8 Å². The molecule has 0 saturated carbocycles. The Bertz CT molecular complexity index is 1050. The van der Waals surface area contributed by atoms with Crippen LogP contribution in [0.3, 0.4) is 0 Å². The van der Waals surface area contributed by atoms with E-state index in [1.807, 2.05) is 54.6 Å². The number of carbonyl (C=O) groups is 1. The fourth-order valence-corrected chi connectivity index (χ4v) is 3.90. The number of carbonyl (C=O) groups excluding carboxylic acids is 1. The van der Waals surface area contributed by atoms with Crippen molar-refractivity contribution in [2.24, 2.45) is 0 Å². The van der Waals surface area contributed by atoms with E-state index in [1.54, 1.807) is 26.0 Å². The van der Waals surface area contributed by atoms with Crippen molar-refractivity contribution in [1.29, 1.82) is 0 Å². The molecular formula is C26H26FNO4. The normalized spacial score (nSPS) is 21.0. The number of halogens is 1. The number of hydrogen-bond donors (Lipinski definition) is 1. The van der Waals surface area contributed by atoms with Crippen LogP contribution in [0.1, 0.15) is 37.4 Å². The lowest BCUT2D eigenvalue weighted by molar-refractivity contribution is -0.0468. The molecule has 0 aromatic heterocycles. The van der Waals surface area contributed by atoms with Gasteiger partial charge in [0.15, 0.2) is 6.10 Å². The number of amides is 1. The Kier molecular flexibility index (Phi) is 6.15. The van der Waals surface area contributed by atoms with Crippen molar-refractivity contribution >= 4 is 6.09 Å². The van der Waals surface area contributed by atoms with Crippen LogP contribution in [0.15, 0.2) is 90.4 Å². The highest BCUT2D eigenvalue weighted by molar-refractivity contribution is 5.74. The van der Waals surface area contributed by atoms with E-state index in [4.69, 9.17) is 9.47 Å². The third-order valence-corrected chi connectivity index (χ3v) is 5.50. The second kappa shape index (κ2) is 9.01. The topological polar surface area (TPSA) is 59.0 Å². The molecule has 6 heteroatoms. The minimum Gasteiger partial charge on any atom is -0.489 e. The monoisotopic (exact) mass is 435 g/mol. The molecule has 2 aliphatic rings. The average molecular weight is 435 g/mol. The summed E-state index contributed by atoms with van der Waals surface area (Å²) >= 11 is 0. The van der Waals surface area contributed by atoms with Gasteiger partial charge in [0.1, 0.15) is 24.2 Å². The summed E-state index contributed by atoms with van der Waals surface area (Å²) in [6, 6.07) is 16.7. The van der Waals surface area contributed by atoms with Gasteiger partial charge in [0, 0.05) is 12.1 Å². The van der Waals surface area contributed by atoms with Gasteiger partial charge >= 0.3 is 6.09 Å². The molecule has 4 rings (SSSR count). The zero-order chi connectivity index (χ0) is 22.7. The van der Waals surface area contributed by atoms with Crippen LogP contribution in [0.2, 0.25) is 0 Å². The zero-order valence-corrected chi connectivity index (χ0v) is 18.1. The summed E-state index contributed by atoms with van der Waals surface area (Å²) in [5, 5.41) is 10.7. The SMILES string of the molecule is CC(C)(O)[C@H]1OC(=O)N(C2=CC=C(F)C=CC2)C1c1ccc(OCc2ccccc2)cc1. The Morgan fingerprint density at radius 1 is 1.12 bits per heavy atom. The van der Waals surface area contributed by atoms with Gasteiger partial charge < -0.3 is 14.6 Å². The molecule has 1 unspecified atom stereocenters. The van der Waals surface area contributed by atoms with Crippen LogP contribution in [0.4, 0.5) is 9.18 Å². The standard InChI is InChI=1S/C26H26FNO4/c1-26(2,30)24-23(28(25(29)32-24)21-10-6-9-20(27)13-14-21)19-11-15-22(16-12-19)31-17-18-7-4-3-5-8-18/h3-9,11-16,23-24,30H,10,17H2,1-2H3/t23?,24-/m0/s1. The summed E-state index contributed by atoms with van der Waals surface area (Å²) in [6.45, 7) is 3.67. The van der Waals surface area contributed by atoms with Gasteiger partial charge in [-0.3, -0.25) is 4.90 Å². The van der Waals surface area contributed by atoms with E-state index in [0.29, 0.717) is 24.5 Å². The third kappa shape index (κ3) is 4.75. The molecule has 0 bridgehead atoms. The molecule has 1 N–H and O–H groups in total. The van der Waals surface area contributed by atoms with Crippen molar-refractivity contribution in [3.63, 3.8) is 0 Å². The first-order chi connectivity index (χ1) is 15.3. The van der Waals surface area contributed by atoms with Crippen molar-refractivity contribution in [3.05, 3.63) is 102 Å². The maximum absolute atomic E-state index is 13.7. The van der Waals surface area contributed by atoms with Crippen LogP contribution in [-0.4, -0.2) is 27.8 Å². The van der Waals surface area contributed by atoms with E-state index in [1.165, 1.54) is 17.1 Å². The fourth-order valence-electron chi connectivity index (χ4n) is 3.90. The van der Waals surface area contributed by atoms with E-state index in [-0.39, 0.29) is 5.83 Å². The molecule has 1 amide bonds. The van der Waals surface area contributed by atoms with Crippen LogP contribution in [-0.2, 0) is 11.3 Å². The summed E-state index contributed by atoms with van der Waals surface area (Å²) < 4.78 is 25.1. The first-order valence-corrected chi connectivity index (χ1v) is 10.5. The van der Waals surface area contributed by atoms with Crippen LogP contribution < -0.4 is 4.74 Å². The molecule has 1 heterocycles. The molecular weight excluding hydrogens is 409 g/mol. The number of hydrogen-bond acceptors (Lipinski definition) is 4. The van der Waals surface area contributed by atoms with Crippen LogP contribution in [0.5, 0.6) is 5.75 Å². The minimum absolute atomic E-state index is 0.367. The van der Waals surface area contributed by atoms with Crippen molar-refractivity contribution < 1.29 is 23.8 Å². The molecule has 0 spiro atoms. The number of rotatable bonds is 6. The smallest absolute Gasteiger partial charge is 0.415 e. The second-order valence-corrected chi connectivity index (χ2v) is 8.43. The lowest BCUT2D eigenvalue weighted by atomic mass is 9.89. The maximum Gasteiger partial charge on any atom is 0.415 e. The number of allylic oxidation sites excluding steroid dienone is 5. The molecule has 1 aliphatic carbocycles. The fraction of sp³-hybridized carbons (Fsp3) is 0.269. The van der Waals surface area contributed by atoms with Crippen LogP contribution in [0, 0.1) is 0 Å². The number of nitrogens with zero attached hydrogens (tertiary/aromatic N) is 1. The lowest BCUT2D eigenvalue weighted by Gasteiger charge is -2.32. The van der Waals surface area contributed by atoms with Crippen LogP contribution in [0.25, 0.3) is 0 Å². The molecule has 1 saturated heterocycles. The lowest BCUT2D eigenvalue weighted by Crippen LogP contribution is -2.41. The maximum atomic E-state index is 13.7. The highest BCUT2D eigenvalue weighted by Crippen LogP contribution is 2.42. The van der Waals surface area contributed by atoms with E-state index in [0.717, 1.165) is 11.1 Å². The quantitative estimate of drug-likeness (QED) is 0.642.